The van der Waals surface area contributed by atoms with Crippen molar-refractivity contribution in [2.45, 2.75) is 38.9 Å². The van der Waals surface area contributed by atoms with Crippen LogP contribution in [0.3, 0.4) is 0 Å². The number of pyridine rings is 1. The second kappa shape index (κ2) is 10.6. The first-order chi connectivity index (χ1) is 21.1. The molecule has 7 rings (SSSR count). The van der Waals surface area contributed by atoms with E-state index in [1.165, 1.54) is 28.6 Å². The third-order valence-corrected chi connectivity index (χ3v) is 8.40. The van der Waals surface area contributed by atoms with Crippen LogP contribution in [0.2, 0.25) is 0 Å². The maximum absolute atomic E-state index is 13.9. The van der Waals surface area contributed by atoms with Crippen molar-refractivity contribution in [1.82, 2.24) is 24.5 Å². The highest BCUT2D eigenvalue weighted by atomic mass is 32.1. The Morgan fingerprint density at radius 1 is 1.00 bits per heavy atom. The van der Waals surface area contributed by atoms with Crippen LogP contribution in [0.25, 0.3) is 26.7 Å². The second-order valence-electron chi connectivity index (χ2n) is 10.7. The van der Waals surface area contributed by atoms with Gasteiger partial charge in [-0.15, -0.1) is 11.3 Å². The molecule has 0 bridgehead atoms. The molecule has 1 fully saturated rings. The number of fused-ring (bicyclic) bond motifs is 2. The average Bonchev–Trinajstić information content (AvgIpc) is 3.51. The SMILES string of the molecule is Cc1cn(-c2cc(Nc3nccc4c(NC(=O)c5csc6c(NC7CC7)ncnc56)c(C)ccc34)cc(C(F)(F)F)c2)cn1. The number of hydrogen-bond donors (Lipinski definition) is 3. The fourth-order valence-electron chi connectivity index (χ4n) is 5.04. The van der Waals surface area contributed by atoms with Crippen molar-refractivity contribution in [2.75, 3.05) is 16.0 Å². The van der Waals surface area contributed by atoms with Crippen LogP contribution in [-0.2, 0) is 6.18 Å². The molecule has 44 heavy (non-hydrogen) atoms. The number of rotatable bonds is 7. The predicted octanol–water partition coefficient (Wildman–Crippen LogP) is 7.63. The van der Waals surface area contributed by atoms with E-state index in [1.54, 1.807) is 36.8 Å². The maximum atomic E-state index is 13.9. The lowest BCUT2D eigenvalue weighted by Crippen LogP contribution is -2.13. The average molecular weight is 615 g/mol. The van der Waals surface area contributed by atoms with E-state index in [0.29, 0.717) is 50.8 Å². The van der Waals surface area contributed by atoms with E-state index in [-0.39, 0.29) is 11.6 Å². The van der Waals surface area contributed by atoms with Gasteiger partial charge in [-0.2, -0.15) is 13.2 Å². The zero-order valence-corrected chi connectivity index (χ0v) is 24.3. The van der Waals surface area contributed by atoms with Gasteiger partial charge < -0.3 is 20.5 Å². The van der Waals surface area contributed by atoms with Crippen LogP contribution in [0.1, 0.15) is 40.0 Å². The summed E-state index contributed by atoms with van der Waals surface area (Å²) in [6, 6.07) is 9.54. The summed E-state index contributed by atoms with van der Waals surface area (Å²) < 4.78 is 43.9. The van der Waals surface area contributed by atoms with E-state index >= 15 is 0 Å². The summed E-state index contributed by atoms with van der Waals surface area (Å²) in [6.45, 7) is 3.64. The minimum atomic E-state index is -4.56. The molecule has 6 aromatic rings. The van der Waals surface area contributed by atoms with Gasteiger partial charge in [-0.1, -0.05) is 12.1 Å². The predicted molar refractivity (Wildman–Crippen MR) is 165 cm³/mol. The van der Waals surface area contributed by atoms with E-state index in [2.05, 4.69) is 35.9 Å². The fraction of sp³-hybridized carbons (Fsp3) is 0.194. The van der Waals surface area contributed by atoms with Crippen LogP contribution in [0, 0.1) is 13.8 Å². The molecule has 2 aromatic carbocycles. The molecule has 1 saturated carbocycles. The van der Waals surface area contributed by atoms with Crippen LogP contribution in [0.15, 0.2) is 66.8 Å². The molecule has 0 atom stereocenters. The Kier molecular flexibility index (Phi) is 6.69. The lowest BCUT2D eigenvalue weighted by molar-refractivity contribution is -0.137. The van der Waals surface area contributed by atoms with Crippen LogP contribution < -0.4 is 16.0 Å². The quantitative estimate of drug-likeness (QED) is 0.170. The molecule has 13 heteroatoms. The van der Waals surface area contributed by atoms with Crippen molar-refractivity contribution < 1.29 is 18.0 Å². The number of carbonyl (C=O) groups is 1. The van der Waals surface area contributed by atoms with Crippen molar-refractivity contribution in [3.63, 3.8) is 0 Å². The summed E-state index contributed by atoms with van der Waals surface area (Å²) in [4.78, 5) is 30.9. The Labute approximate surface area is 253 Å². The Balaban J connectivity index is 1.23. The van der Waals surface area contributed by atoms with Gasteiger partial charge in [0, 0.05) is 46.0 Å². The first-order valence-electron chi connectivity index (χ1n) is 13.8. The monoisotopic (exact) mass is 614 g/mol. The standard InChI is InChI=1S/C31H25F3N8OS/c1-16-3-6-23-22(25(16)41-30(43)24-13-44-27-26(24)36-14-37-29(27)39-19-4-5-19)7-8-35-28(23)40-20-9-18(31(32,33)34)10-21(11-20)42-12-17(2)38-15-42/h3,6-15,19H,4-5H2,1-2H3,(H,35,40)(H,41,43)(H,36,37,39). The van der Waals surface area contributed by atoms with E-state index in [0.717, 1.165) is 41.1 Å². The molecule has 0 spiro atoms. The molecule has 3 N–H and O–H groups in total. The van der Waals surface area contributed by atoms with Crippen molar-refractivity contribution in [1.29, 1.82) is 0 Å². The number of benzene rings is 2. The van der Waals surface area contributed by atoms with Gasteiger partial charge in [0.1, 0.15) is 18.0 Å². The van der Waals surface area contributed by atoms with E-state index in [4.69, 9.17) is 0 Å². The molecule has 4 heterocycles. The molecular formula is C31H25F3N8OS. The van der Waals surface area contributed by atoms with Gasteiger partial charge in [0.15, 0.2) is 0 Å². The largest absolute Gasteiger partial charge is 0.416 e. The van der Waals surface area contributed by atoms with Gasteiger partial charge in [0.25, 0.3) is 5.91 Å². The molecule has 0 saturated heterocycles. The maximum Gasteiger partial charge on any atom is 0.416 e. The number of nitrogens with one attached hydrogen (secondary N) is 3. The molecule has 0 unspecified atom stereocenters. The number of imidazole rings is 1. The second-order valence-corrected chi connectivity index (χ2v) is 11.6. The number of anilines is 4. The number of amides is 1. The summed E-state index contributed by atoms with van der Waals surface area (Å²) in [5, 5.41) is 12.6. The van der Waals surface area contributed by atoms with E-state index < -0.39 is 11.7 Å². The van der Waals surface area contributed by atoms with Crippen LogP contribution in [0.4, 0.5) is 36.2 Å². The minimum Gasteiger partial charge on any atom is -0.366 e. The highest BCUT2D eigenvalue weighted by Crippen LogP contribution is 2.37. The number of aromatic nitrogens is 5. The number of halogens is 3. The number of alkyl halides is 3. The number of aryl methyl sites for hydroxylation is 2. The fourth-order valence-corrected chi connectivity index (χ4v) is 5.99. The summed E-state index contributed by atoms with van der Waals surface area (Å²) in [5.41, 5.74) is 2.75. The molecule has 4 aromatic heterocycles. The van der Waals surface area contributed by atoms with Gasteiger partial charge in [-0.05, 0) is 56.5 Å². The van der Waals surface area contributed by atoms with Crippen LogP contribution in [0.5, 0.6) is 0 Å². The molecule has 9 nitrogen and oxygen atoms in total. The van der Waals surface area contributed by atoms with Gasteiger partial charge in [-0.3, -0.25) is 4.79 Å². The molecule has 1 amide bonds. The van der Waals surface area contributed by atoms with Gasteiger partial charge >= 0.3 is 6.18 Å². The van der Waals surface area contributed by atoms with Crippen molar-refractivity contribution in [3.05, 3.63) is 89.2 Å². The van der Waals surface area contributed by atoms with Crippen LogP contribution >= 0.6 is 11.3 Å². The molecular weight excluding hydrogens is 589 g/mol. The van der Waals surface area contributed by atoms with Crippen LogP contribution in [-0.4, -0.2) is 36.5 Å². The topological polar surface area (TPSA) is 110 Å². The lowest BCUT2D eigenvalue weighted by atomic mass is 10.0. The van der Waals surface area contributed by atoms with Crippen molar-refractivity contribution in [3.8, 4) is 5.69 Å². The smallest absolute Gasteiger partial charge is 0.366 e. The number of thiophene rings is 1. The van der Waals surface area contributed by atoms with Gasteiger partial charge in [-0.25, -0.2) is 19.9 Å². The molecule has 222 valence electrons. The van der Waals surface area contributed by atoms with Gasteiger partial charge in [0.2, 0.25) is 0 Å². The molecule has 1 aliphatic carbocycles. The Bertz CT molecular complexity index is 2070. The highest BCUT2D eigenvalue weighted by molar-refractivity contribution is 7.18. The Hall–Kier alpha value is -5.04. The van der Waals surface area contributed by atoms with E-state index in [1.807, 2.05) is 19.1 Å². The third kappa shape index (κ3) is 5.30. The zero-order valence-electron chi connectivity index (χ0n) is 23.5. The molecule has 0 aliphatic heterocycles. The summed E-state index contributed by atoms with van der Waals surface area (Å²) >= 11 is 1.41. The van der Waals surface area contributed by atoms with Gasteiger partial charge in [0.05, 0.1) is 39.1 Å². The van der Waals surface area contributed by atoms with Crippen molar-refractivity contribution >= 4 is 61.2 Å². The Morgan fingerprint density at radius 3 is 2.59 bits per heavy atom. The number of nitrogens with zero attached hydrogens (tertiary/aromatic N) is 5. The summed E-state index contributed by atoms with van der Waals surface area (Å²) in [7, 11) is 0. The Morgan fingerprint density at radius 2 is 1.84 bits per heavy atom. The van der Waals surface area contributed by atoms with Crippen molar-refractivity contribution in [2.24, 2.45) is 0 Å². The molecule has 1 aliphatic rings. The number of hydrogen-bond acceptors (Lipinski definition) is 8. The lowest BCUT2D eigenvalue weighted by Gasteiger charge is -2.16. The summed E-state index contributed by atoms with van der Waals surface area (Å²) in [6.07, 6.45) is 3.75. The zero-order chi connectivity index (χ0) is 30.6. The number of carbonyl (C=O) groups excluding carboxylic acids is 1. The first-order valence-corrected chi connectivity index (χ1v) is 14.7. The third-order valence-electron chi connectivity index (χ3n) is 7.43. The van der Waals surface area contributed by atoms with E-state index in [9.17, 15) is 18.0 Å². The first kappa shape index (κ1) is 27.8. The normalized spacial score (nSPS) is 13.4. The highest BCUT2D eigenvalue weighted by Gasteiger charge is 2.31. The minimum absolute atomic E-state index is 0.201. The summed E-state index contributed by atoms with van der Waals surface area (Å²) in [5.74, 6) is 0.743. The molecule has 0 radical (unpaired) electrons.